The molecule has 2 aromatic heterocycles. The zero-order valence-corrected chi connectivity index (χ0v) is 34.0. The monoisotopic (exact) mass is 778 g/mol. The van der Waals surface area contributed by atoms with E-state index in [9.17, 15) is 5.26 Å². The van der Waals surface area contributed by atoms with E-state index in [2.05, 4.69) is 112 Å². The molecule has 14 heteroatoms. The summed E-state index contributed by atoms with van der Waals surface area (Å²) in [5.74, 6) is 2.01. The second-order valence-corrected chi connectivity index (χ2v) is 15.4. The van der Waals surface area contributed by atoms with Crippen molar-refractivity contribution < 1.29 is 23.3 Å². The Morgan fingerprint density at radius 2 is 1.55 bits per heavy atom. The van der Waals surface area contributed by atoms with Gasteiger partial charge in [0, 0.05) is 30.8 Å². The molecule has 0 radical (unpaired) electrons. The number of rotatable bonds is 18. The van der Waals surface area contributed by atoms with Crippen molar-refractivity contribution in [1.82, 2.24) is 29.5 Å². The lowest BCUT2D eigenvalue weighted by molar-refractivity contribution is -0.0242. The molecule has 0 saturated carbocycles. The first-order valence-electron chi connectivity index (χ1n) is 18.9. The maximum atomic E-state index is 9.32. The lowest BCUT2D eigenvalue weighted by atomic mass is 9.76. The Morgan fingerprint density at radius 3 is 2.12 bits per heavy atom. The number of hydrogen-bond acceptors (Lipinski definition) is 12. The van der Waals surface area contributed by atoms with Crippen LogP contribution in [0.15, 0.2) is 96.5 Å². The standard InChI is InChI=1S/C42H51N8O5P/c1-8-44-40-39-41(46-27-45-40)49(28-47-39)38-25-36(37(55-38)26-54-56(53-24-12-23-43)50(29(2)3)30(4)5)48-42(31-13-10-9-11-14-31,32-15-19-34(51-6)20-16-32)33-17-21-35(52-7)22-18-33/h8-11,13-22,27-30,36-38,48H,12,24-26H2,1-7H3. The van der Waals surface area contributed by atoms with Crippen molar-refractivity contribution in [1.29, 1.82) is 5.26 Å². The van der Waals surface area contributed by atoms with Crippen LogP contribution in [-0.2, 0) is 19.3 Å². The third kappa shape index (κ3) is 8.76. The number of methoxy groups -OCH3 is 2. The number of benzene rings is 3. The summed E-state index contributed by atoms with van der Waals surface area (Å²) in [6.07, 6.45) is 4.82. The molecule has 1 N–H and O–H groups in total. The summed E-state index contributed by atoms with van der Waals surface area (Å²) in [6, 6.07) is 29.0. The number of nitrogens with zero attached hydrogens (tertiary/aromatic N) is 7. The predicted octanol–water partition coefficient (Wildman–Crippen LogP) is 8.10. The predicted molar refractivity (Wildman–Crippen MR) is 218 cm³/mol. The van der Waals surface area contributed by atoms with Crippen molar-refractivity contribution in [3.63, 3.8) is 0 Å². The summed E-state index contributed by atoms with van der Waals surface area (Å²) in [6.45, 7) is 10.8. The zero-order chi connectivity index (χ0) is 39.7. The number of nitriles is 1. The summed E-state index contributed by atoms with van der Waals surface area (Å²) in [5.41, 5.74) is 3.40. The molecular formula is C42H51N8O5P. The average Bonchev–Trinajstić information content (AvgIpc) is 3.83. The van der Waals surface area contributed by atoms with Gasteiger partial charge in [-0.05, 0) is 75.6 Å². The lowest BCUT2D eigenvalue weighted by Crippen LogP contribution is -2.53. The number of fused-ring (bicyclic) bond motifs is 1. The van der Waals surface area contributed by atoms with Crippen LogP contribution in [0.25, 0.3) is 11.2 Å². The molecule has 4 atom stereocenters. The Morgan fingerprint density at radius 1 is 0.929 bits per heavy atom. The van der Waals surface area contributed by atoms with Gasteiger partial charge in [-0.2, -0.15) is 5.26 Å². The van der Waals surface area contributed by atoms with E-state index in [-0.39, 0.29) is 37.8 Å². The molecule has 4 unspecified atom stereocenters. The van der Waals surface area contributed by atoms with Crippen LogP contribution in [0.2, 0.25) is 0 Å². The van der Waals surface area contributed by atoms with Crippen molar-refractivity contribution in [2.45, 2.75) is 83.5 Å². The first-order valence-corrected chi connectivity index (χ1v) is 20.0. The molecule has 1 saturated heterocycles. The number of nitrogens with one attached hydrogen (secondary N) is 1. The fourth-order valence-electron chi connectivity index (χ4n) is 7.32. The van der Waals surface area contributed by atoms with Gasteiger partial charge in [-0.25, -0.2) is 24.6 Å². The zero-order valence-electron chi connectivity index (χ0n) is 33.1. The fourth-order valence-corrected chi connectivity index (χ4v) is 8.94. The maximum Gasteiger partial charge on any atom is 0.259 e. The Kier molecular flexibility index (Phi) is 13.8. The van der Waals surface area contributed by atoms with Gasteiger partial charge in [0.25, 0.3) is 8.53 Å². The van der Waals surface area contributed by atoms with E-state index in [0.29, 0.717) is 23.4 Å². The summed E-state index contributed by atoms with van der Waals surface area (Å²) < 4.78 is 35.5. The van der Waals surface area contributed by atoms with Gasteiger partial charge in [-0.15, -0.1) is 0 Å². The molecule has 56 heavy (non-hydrogen) atoms. The molecule has 1 aliphatic heterocycles. The largest absolute Gasteiger partial charge is 0.497 e. The van der Waals surface area contributed by atoms with Crippen LogP contribution < -0.4 is 14.8 Å². The average molecular weight is 779 g/mol. The first kappa shape index (κ1) is 40.9. The van der Waals surface area contributed by atoms with E-state index < -0.39 is 26.4 Å². The number of aliphatic imine (C=N–C) groups is 1. The topological polar surface area (TPSA) is 141 Å². The summed E-state index contributed by atoms with van der Waals surface area (Å²) >= 11 is 0. The third-order valence-electron chi connectivity index (χ3n) is 9.80. The van der Waals surface area contributed by atoms with Crippen LogP contribution in [0, 0.1) is 11.3 Å². The smallest absolute Gasteiger partial charge is 0.259 e. The molecule has 13 nitrogen and oxygen atoms in total. The van der Waals surface area contributed by atoms with E-state index in [0.717, 1.165) is 28.2 Å². The Balaban J connectivity index is 1.47. The molecule has 5 aromatic rings. The maximum absolute atomic E-state index is 9.32. The van der Waals surface area contributed by atoms with Gasteiger partial charge in [0.15, 0.2) is 17.0 Å². The van der Waals surface area contributed by atoms with Crippen LogP contribution in [0.1, 0.15) is 70.4 Å². The highest BCUT2D eigenvalue weighted by atomic mass is 31.2. The molecule has 0 amide bonds. The SMILES string of the molecule is CC=Nc1ncnc2c1ncn2C1CC(NC(c2ccccc2)(c2ccc(OC)cc2)c2ccc(OC)cc2)C(COP(OCCC#N)N(C(C)C)C(C)C)O1. The van der Waals surface area contributed by atoms with E-state index in [1.165, 1.54) is 6.33 Å². The summed E-state index contributed by atoms with van der Waals surface area (Å²) in [4.78, 5) is 18.1. The third-order valence-corrected chi connectivity index (χ3v) is 11.9. The lowest BCUT2D eigenvalue weighted by Gasteiger charge is -2.41. The number of imidazole rings is 1. The van der Waals surface area contributed by atoms with E-state index in [1.54, 1.807) is 26.8 Å². The highest BCUT2D eigenvalue weighted by Crippen LogP contribution is 2.48. The van der Waals surface area contributed by atoms with Gasteiger partial charge < -0.3 is 23.3 Å². The van der Waals surface area contributed by atoms with Gasteiger partial charge in [0.05, 0.1) is 57.9 Å². The van der Waals surface area contributed by atoms with Crippen molar-refractivity contribution in [2.75, 3.05) is 27.4 Å². The van der Waals surface area contributed by atoms with Crippen molar-refractivity contribution in [2.24, 2.45) is 4.99 Å². The molecule has 0 bridgehead atoms. The van der Waals surface area contributed by atoms with Gasteiger partial charge in [-0.3, -0.25) is 9.88 Å². The van der Waals surface area contributed by atoms with Gasteiger partial charge >= 0.3 is 0 Å². The number of aromatic nitrogens is 4. The fraction of sp³-hybridized carbons (Fsp3) is 0.405. The normalized spacial score (nSPS) is 18.0. The van der Waals surface area contributed by atoms with Crippen molar-refractivity contribution in [3.05, 3.63) is 108 Å². The minimum atomic E-state index is -1.53. The Bertz CT molecular complexity index is 2020. The Labute approximate surface area is 330 Å². The summed E-state index contributed by atoms with van der Waals surface area (Å²) in [7, 11) is 1.81. The highest BCUT2D eigenvalue weighted by Gasteiger charge is 2.45. The van der Waals surface area contributed by atoms with Gasteiger partial charge in [0.2, 0.25) is 0 Å². The first-order chi connectivity index (χ1) is 27.2. The quantitative estimate of drug-likeness (QED) is 0.0399. The van der Waals surface area contributed by atoms with E-state index in [4.69, 9.17) is 23.3 Å². The summed E-state index contributed by atoms with van der Waals surface area (Å²) in [5, 5.41) is 13.5. The van der Waals surface area contributed by atoms with Crippen molar-refractivity contribution in [3.8, 4) is 17.6 Å². The molecule has 1 fully saturated rings. The molecular weight excluding hydrogens is 727 g/mol. The molecule has 6 rings (SSSR count). The van der Waals surface area contributed by atoms with Crippen LogP contribution in [-0.4, -0.2) is 82.1 Å². The van der Waals surface area contributed by atoms with E-state index in [1.807, 2.05) is 41.8 Å². The highest BCUT2D eigenvalue weighted by molar-refractivity contribution is 7.44. The second-order valence-electron chi connectivity index (χ2n) is 13.9. The van der Waals surface area contributed by atoms with Crippen LogP contribution in [0.5, 0.6) is 11.5 Å². The van der Waals surface area contributed by atoms with Gasteiger partial charge in [0.1, 0.15) is 24.1 Å². The van der Waals surface area contributed by atoms with Crippen molar-refractivity contribution >= 4 is 31.7 Å². The molecule has 3 heterocycles. The van der Waals surface area contributed by atoms with Crippen LogP contribution in [0.3, 0.4) is 0 Å². The molecule has 294 valence electrons. The van der Waals surface area contributed by atoms with Crippen LogP contribution >= 0.6 is 8.53 Å². The minimum absolute atomic E-state index is 0.141. The Hall–Kier alpha value is -4.80. The van der Waals surface area contributed by atoms with Crippen LogP contribution in [0.4, 0.5) is 5.82 Å². The van der Waals surface area contributed by atoms with E-state index >= 15 is 0 Å². The second kappa shape index (κ2) is 18.9. The van der Waals surface area contributed by atoms with Gasteiger partial charge in [-0.1, -0.05) is 54.6 Å². The molecule has 3 aromatic carbocycles. The number of ether oxygens (including phenoxy) is 3. The number of hydrogen-bond donors (Lipinski definition) is 1. The minimum Gasteiger partial charge on any atom is -0.497 e. The molecule has 0 spiro atoms. The molecule has 1 aliphatic rings. The molecule has 0 aliphatic carbocycles.